The molecule has 204 valence electrons. The molecule has 0 saturated carbocycles. The van der Waals surface area contributed by atoms with Crippen molar-refractivity contribution in [3.63, 3.8) is 0 Å². The summed E-state index contributed by atoms with van der Waals surface area (Å²) in [4.78, 5) is 0. The minimum Gasteiger partial charge on any atom is -0.394 e. The zero-order chi connectivity index (χ0) is 26.6. The lowest BCUT2D eigenvalue weighted by Gasteiger charge is -2.46. The lowest BCUT2D eigenvalue weighted by molar-refractivity contribution is -0.334. The van der Waals surface area contributed by atoms with Crippen LogP contribution in [-0.4, -0.2) is 48.5 Å². The van der Waals surface area contributed by atoms with Crippen LogP contribution in [0.2, 0.25) is 0 Å². The third-order valence-electron chi connectivity index (χ3n) is 6.69. The standard InChI is InChI=1S/C32H40O6/c1-3-13-24(2)37-32-31(36-23-27-18-11-6-12-19-27)30(35-22-26-16-9-5-10-17-26)29(28(20-33)38-32)34-21-25-14-7-4-8-15-25/h4-12,14-19,24,28-33H,3,13,20-23H2,1-2H3/t24-,28+,29+,30-,31+,32+/m0/s1. The van der Waals surface area contributed by atoms with E-state index in [0.29, 0.717) is 19.8 Å². The molecule has 0 radical (unpaired) electrons. The maximum absolute atomic E-state index is 10.4. The molecule has 4 rings (SSSR count). The van der Waals surface area contributed by atoms with E-state index in [1.807, 2.05) is 97.9 Å². The van der Waals surface area contributed by atoms with Gasteiger partial charge in [0.25, 0.3) is 0 Å². The normalized spacial score (nSPS) is 24.2. The zero-order valence-electron chi connectivity index (χ0n) is 22.4. The Morgan fingerprint density at radius 1 is 0.684 bits per heavy atom. The van der Waals surface area contributed by atoms with Crippen molar-refractivity contribution >= 4 is 0 Å². The third kappa shape index (κ3) is 8.21. The van der Waals surface area contributed by atoms with Gasteiger partial charge in [0, 0.05) is 0 Å². The number of aliphatic hydroxyl groups excluding tert-OH is 1. The van der Waals surface area contributed by atoms with Crippen LogP contribution in [0.1, 0.15) is 43.4 Å². The number of hydrogen-bond donors (Lipinski definition) is 1. The van der Waals surface area contributed by atoms with Crippen LogP contribution in [0.3, 0.4) is 0 Å². The summed E-state index contributed by atoms with van der Waals surface area (Å²) in [6.07, 6.45) is -1.17. The van der Waals surface area contributed by atoms with Gasteiger partial charge in [-0.1, -0.05) is 104 Å². The molecular weight excluding hydrogens is 480 g/mol. The van der Waals surface area contributed by atoms with Crippen molar-refractivity contribution in [2.45, 2.75) is 83.3 Å². The minimum absolute atomic E-state index is 0.0382. The number of ether oxygens (including phenoxy) is 5. The van der Waals surface area contributed by atoms with Crippen LogP contribution in [0.5, 0.6) is 0 Å². The second kappa shape index (κ2) is 15.1. The Morgan fingerprint density at radius 3 is 1.58 bits per heavy atom. The summed E-state index contributed by atoms with van der Waals surface area (Å²) in [5, 5.41) is 10.4. The van der Waals surface area contributed by atoms with E-state index in [4.69, 9.17) is 23.7 Å². The van der Waals surface area contributed by atoms with Crippen LogP contribution in [0.25, 0.3) is 0 Å². The molecular formula is C32H40O6. The molecule has 0 aromatic heterocycles. The van der Waals surface area contributed by atoms with Crippen LogP contribution < -0.4 is 0 Å². The average molecular weight is 521 g/mol. The first-order valence-electron chi connectivity index (χ1n) is 13.6. The van der Waals surface area contributed by atoms with E-state index in [-0.39, 0.29) is 12.7 Å². The van der Waals surface area contributed by atoms with Crippen molar-refractivity contribution in [1.29, 1.82) is 0 Å². The van der Waals surface area contributed by atoms with Gasteiger partial charge in [0.1, 0.15) is 24.4 Å². The molecule has 3 aromatic carbocycles. The van der Waals surface area contributed by atoms with E-state index < -0.39 is 30.7 Å². The van der Waals surface area contributed by atoms with Crippen LogP contribution in [0, 0.1) is 0 Å². The largest absolute Gasteiger partial charge is 0.394 e. The molecule has 1 N–H and O–H groups in total. The van der Waals surface area contributed by atoms with Crippen LogP contribution in [0.4, 0.5) is 0 Å². The predicted molar refractivity (Wildman–Crippen MR) is 146 cm³/mol. The summed E-state index contributed by atoms with van der Waals surface area (Å²) in [5.41, 5.74) is 3.11. The molecule has 6 heteroatoms. The Morgan fingerprint density at radius 2 is 1.13 bits per heavy atom. The highest BCUT2D eigenvalue weighted by molar-refractivity contribution is 5.15. The zero-order valence-corrected chi connectivity index (χ0v) is 22.4. The van der Waals surface area contributed by atoms with Crippen molar-refractivity contribution in [3.8, 4) is 0 Å². The molecule has 0 bridgehead atoms. The van der Waals surface area contributed by atoms with E-state index in [2.05, 4.69) is 6.92 Å². The highest BCUT2D eigenvalue weighted by atomic mass is 16.7. The number of rotatable bonds is 14. The fraction of sp³-hybridized carbons (Fsp3) is 0.438. The van der Waals surface area contributed by atoms with E-state index >= 15 is 0 Å². The molecule has 0 amide bonds. The Kier molecular flexibility index (Phi) is 11.3. The SMILES string of the molecule is CCC[C@H](C)O[C@@H]1O[C@H](CO)[C@@H](OCc2ccccc2)[C@H](OCc2ccccc2)[C@H]1OCc1ccccc1. The smallest absolute Gasteiger partial charge is 0.187 e. The molecule has 6 atom stereocenters. The van der Waals surface area contributed by atoms with Gasteiger partial charge in [0.2, 0.25) is 0 Å². The van der Waals surface area contributed by atoms with Crippen molar-refractivity contribution in [2.75, 3.05) is 6.61 Å². The average Bonchev–Trinajstić information content (AvgIpc) is 2.96. The van der Waals surface area contributed by atoms with Gasteiger partial charge in [-0.05, 0) is 30.0 Å². The summed E-state index contributed by atoms with van der Waals surface area (Å²) in [6, 6.07) is 30.0. The third-order valence-corrected chi connectivity index (χ3v) is 6.69. The maximum atomic E-state index is 10.4. The van der Waals surface area contributed by atoms with Gasteiger partial charge >= 0.3 is 0 Å². The Bertz CT molecular complexity index is 1030. The highest BCUT2D eigenvalue weighted by Gasteiger charge is 2.49. The van der Waals surface area contributed by atoms with Crippen molar-refractivity contribution < 1.29 is 28.8 Å². The van der Waals surface area contributed by atoms with Crippen molar-refractivity contribution in [2.24, 2.45) is 0 Å². The van der Waals surface area contributed by atoms with Gasteiger partial charge in [0.05, 0.1) is 32.5 Å². The first-order chi connectivity index (χ1) is 18.7. The number of aliphatic hydroxyl groups is 1. The van der Waals surface area contributed by atoms with E-state index in [1.54, 1.807) is 0 Å². The minimum atomic E-state index is -0.713. The van der Waals surface area contributed by atoms with E-state index in [9.17, 15) is 5.11 Å². The lowest BCUT2D eigenvalue weighted by Crippen LogP contribution is -2.62. The number of benzene rings is 3. The molecule has 38 heavy (non-hydrogen) atoms. The molecule has 1 heterocycles. The lowest BCUT2D eigenvalue weighted by atomic mass is 9.97. The summed E-state index contributed by atoms with van der Waals surface area (Å²) in [5.74, 6) is 0. The van der Waals surface area contributed by atoms with E-state index in [1.165, 1.54) is 0 Å². The number of hydrogen-bond acceptors (Lipinski definition) is 6. The van der Waals surface area contributed by atoms with Gasteiger partial charge in [-0.25, -0.2) is 0 Å². The molecule has 0 aliphatic carbocycles. The molecule has 1 saturated heterocycles. The first kappa shape index (κ1) is 28.4. The fourth-order valence-electron chi connectivity index (χ4n) is 4.71. The second-order valence-electron chi connectivity index (χ2n) is 9.74. The molecule has 1 aliphatic rings. The highest BCUT2D eigenvalue weighted by Crippen LogP contribution is 2.32. The second-order valence-corrected chi connectivity index (χ2v) is 9.74. The Labute approximate surface area is 226 Å². The van der Waals surface area contributed by atoms with Gasteiger partial charge < -0.3 is 28.8 Å². The summed E-state index contributed by atoms with van der Waals surface area (Å²) in [6.45, 7) is 5.04. The van der Waals surface area contributed by atoms with Gasteiger partial charge in [-0.15, -0.1) is 0 Å². The molecule has 1 fully saturated rings. The quantitative estimate of drug-likeness (QED) is 0.296. The molecule has 1 aliphatic heterocycles. The van der Waals surface area contributed by atoms with Crippen LogP contribution in [-0.2, 0) is 43.5 Å². The van der Waals surface area contributed by atoms with Crippen LogP contribution in [0.15, 0.2) is 91.0 Å². The van der Waals surface area contributed by atoms with E-state index in [0.717, 1.165) is 29.5 Å². The van der Waals surface area contributed by atoms with Gasteiger partial charge in [-0.2, -0.15) is 0 Å². The van der Waals surface area contributed by atoms with Crippen molar-refractivity contribution in [1.82, 2.24) is 0 Å². The predicted octanol–water partition coefficient (Wildman–Crippen LogP) is 5.67. The summed E-state index contributed by atoms with van der Waals surface area (Å²) in [7, 11) is 0. The van der Waals surface area contributed by atoms with Gasteiger partial charge in [-0.3, -0.25) is 0 Å². The molecule has 0 unspecified atom stereocenters. The molecule has 3 aromatic rings. The Balaban J connectivity index is 1.60. The van der Waals surface area contributed by atoms with Gasteiger partial charge in [0.15, 0.2) is 6.29 Å². The summed E-state index contributed by atoms with van der Waals surface area (Å²) >= 11 is 0. The Hall–Kier alpha value is -2.58. The topological polar surface area (TPSA) is 66.4 Å². The van der Waals surface area contributed by atoms with Crippen molar-refractivity contribution in [3.05, 3.63) is 108 Å². The van der Waals surface area contributed by atoms with Crippen LogP contribution >= 0.6 is 0 Å². The first-order valence-corrected chi connectivity index (χ1v) is 13.6. The monoisotopic (exact) mass is 520 g/mol. The maximum Gasteiger partial charge on any atom is 0.187 e. The molecule has 0 spiro atoms. The molecule has 6 nitrogen and oxygen atoms in total. The fourth-order valence-corrected chi connectivity index (χ4v) is 4.71. The summed E-state index contributed by atoms with van der Waals surface area (Å²) < 4.78 is 32.2.